The van der Waals surface area contributed by atoms with Gasteiger partial charge in [-0.05, 0) is 62.1 Å². The highest BCUT2D eigenvalue weighted by Crippen LogP contribution is 2.33. The minimum Gasteiger partial charge on any atom is -0.493 e. The predicted molar refractivity (Wildman–Crippen MR) is 112 cm³/mol. The maximum absolute atomic E-state index is 8.49. The molecule has 1 saturated heterocycles. The molecule has 2 aromatic carbocycles. The summed E-state index contributed by atoms with van der Waals surface area (Å²) in [5, 5.41) is 2.17. The Bertz CT molecular complexity index is 1190. The van der Waals surface area contributed by atoms with Crippen molar-refractivity contribution in [3.63, 3.8) is 0 Å². The van der Waals surface area contributed by atoms with Crippen molar-refractivity contribution in [1.29, 1.82) is 0 Å². The zero-order valence-electron chi connectivity index (χ0n) is 19.5. The number of methoxy groups -OCH3 is 2. The van der Waals surface area contributed by atoms with Crippen LogP contribution in [0.15, 0.2) is 40.8 Å². The van der Waals surface area contributed by atoms with Gasteiger partial charge >= 0.3 is 0 Å². The van der Waals surface area contributed by atoms with E-state index in [2.05, 4.69) is 37.0 Å². The summed E-state index contributed by atoms with van der Waals surface area (Å²) in [5.74, 6) is 2.15. The Labute approximate surface area is 199 Å². The molecule has 0 amide bonds. The highest BCUT2D eigenvalue weighted by atomic mass is 35.7. The Kier molecular flexibility index (Phi) is 8.53. The summed E-state index contributed by atoms with van der Waals surface area (Å²) in [6.07, 6.45) is 2.49. The third kappa shape index (κ3) is 6.92. The van der Waals surface area contributed by atoms with Crippen LogP contribution in [0.5, 0.6) is 11.5 Å². The van der Waals surface area contributed by atoms with Gasteiger partial charge in [0, 0.05) is 12.2 Å². The van der Waals surface area contributed by atoms with Gasteiger partial charge in [-0.25, -0.2) is 23.6 Å². The van der Waals surface area contributed by atoms with Crippen molar-refractivity contribution in [2.75, 3.05) is 27.4 Å². The first-order valence-electron chi connectivity index (χ1n) is 10.7. The summed E-state index contributed by atoms with van der Waals surface area (Å²) < 4.78 is 56.9. The van der Waals surface area contributed by atoms with E-state index in [0.717, 1.165) is 53.6 Å². The number of hydrogen-bond donors (Lipinski definition) is 1. The molecule has 1 N–H and O–H groups in total. The van der Waals surface area contributed by atoms with Gasteiger partial charge in [0.05, 0.1) is 25.7 Å². The van der Waals surface area contributed by atoms with E-state index in [1.807, 2.05) is 18.2 Å². The number of aryl methyl sites for hydroxylation is 2. The van der Waals surface area contributed by atoms with Gasteiger partial charge in [-0.3, -0.25) is 0 Å². The third-order valence-electron chi connectivity index (χ3n) is 5.42. The lowest BCUT2D eigenvalue weighted by Crippen LogP contribution is -2.79. The van der Waals surface area contributed by atoms with Gasteiger partial charge in [-0.2, -0.15) is 0 Å². The quantitative estimate of drug-likeness (QED) is 0.435. The topological polar surface area (TPSA) is 147 Å². The van der Waals surface area contributed by atoms with Crippen LogP contribution >= 0.6 is 0 Å². The van der Waals surface area contributed by atoms with Crippen molar-refractivity contribution in [1.82, 2.24) is 0 Å². The second-order valence-electron chi connectivity index (χ2n) is 7.94. The van der Waals surface area contributed by atoms with E-state index in [1.54, 1.807) is 14.2 Å². The van der Waals surface area contributed by atoms with Crippen LogP contribution in [0, 0.1) is 24.1 Å². The SMILES string of the molecule is COc1ccc(-c2cc(=[NH+]CC3CCCO3)c3c(C)cc(C)cc3o2)cc1OC.[O-][Cl+3]([O-])([O-])[O-]. The lowest BCUT2D eigenvalue weighted by Gasteiger charge is -2.17. The van der Waals surface area contributed by atoms with Gasteiger partial charge in [0.2, 0.25) is 5.36 Å². The van der Waals surface area contributed by atoms with Gasteiger partial charge in [0.15, 0.2) is 18.0 Å². The highest BCUT2D eigenvalue weighted by molar-refractivity contribution is 5.82. The maximum atomic E-state index is 8.49. The number of halogens is 1. The van der Waals surface area contributed by atoms with E-state index in [9.17, 15) is 0 Å². The third-order valence-corrected chi connectivity index (χ3v) is 5.42. The maximum Gasteiger partial charge on any atom is 0.213 e. The molecule has 0 bridgehead atoms. The van der Waals surface area contributed by atoms with Crippen LogP contribution in [-0.4, -0.2) is 33.5 Å². The fourth-order valence-electron chi connectivity index (χ4n) is 4.01. The molecule has 1 aliphatic rings. The van der Waals surface area contributed by atoms with Gasteiger partial charge in [0.25, 0.3) is 0 Å². The molecule has 1 aliphatic heterocycles. The molecule has 0 aliphatic carbocycles. The van der Waals surface area contributed by atoms with Crippen molar-refractivity contribution in [3.05, 3.63) is 52.9 Å². The van der Waals surface area contributed by atoms with E-state index in [1.165, 1.54) is 11.1 Å². The van der Waals surface area contributed by atoms with Crippen molar-refractivity contribution in [3.8, 4) is 22.8 Å². The first-order valence-corrected chi connectivity index (χ1v) is 11.9. The molecule has 3 aromatic rings. The van der Waals surface area contributed by atoms with Crippen molar-refractivity contribution in [2.24, 2.45) is 0 Å². The molecule has 1 aromatic heterocycles. The van der Waals surface area contributed by atoms with E-state index < -0.39 is 10.2 Å². The van der Waals surface area contributed by atoms with Crippen LogP contribution in [0.3, 0.4) is 0 Å². The van der Waals surface area contributed by atoms with Crippen molar-refractivity contribution < 1.29 is 52.5 Å². The summed E-state index contributed by atoms with van der Waals surface area (Å²) >= 11 is 0. The predicted octanol–water partition coefficient (Wildman–Crippen LogP) is -1.86. The normalized spacial score (nSPS) is 16.4. The minimum absolute atomic E-state index is 0.262. The van der Waals surface area contributed by atoms with Gasteiger partial charge in [0.1, 0.15) is 17.4 Å². The second kappa shape index (κ2) is 11.2. The Balaban J connectivity index is 0.000000588. The van der Waals surface area contributed by atoms with Gasteiger partial charge in [-0.15, -0.1) is 10.2 Å². The Morgan fingerprint density at radius 3 is 2.32 bits per heavy atom. The molecule has 1 atom stereocenters. The summed E-state index contributed by atoms with van der Waals surface area (Å²) in [5.41, 5.74) is 4.17. The monoisotopic (exact) mass is 493 g/mol. The molecular formula is C24H28ClNO8. The number of hydrogen-bond acceptors (Lipinski definition) is 8. The number of rotatable bonds is 5. The first kappa shape index (κ1) is 26.0. The zero-order chi connectivity index (χ0) is 24.9. The van der Waals surface area contributed by atoms with Crippen LogP contribution in [0.25, 0.3) is 22.3 Å². The summed E-state index contributed by atoms with van der Waals surface area (Å²) in [4.78, 5) is 3.61. The van der Waals surface area contributed by atoms with Gasteiger partial charge < -0.3 is 18.6 Å². The van der Waals surface area contributed by atoms with Crippen LogP contribution in [0.4, 0.5) is 0 Å². The fraction of sp³-hybridized carbons (Fsp3) is 0.375. The average molecular weight is 494 g/mol. The van der Waals surface area contributed by atoms with Crippen LogP contribution in [0.1, 0.15) is 24.0 Å². The van der Waals surface area contributed by atoms with E-state index in [-0.39, 0.29) is 6.10 Å². The van der Waals surface area contributed by atoms with Gasteiger partial charge in [-0.1, -0.05) is 6.07 Å². The molecule has 184 valence electrons. The van der Waals surface area contributed by atoms with E-state index >= 15 is 0 Å². The fourth-order valence-corrected chi connectivity index (χ4v) is 4.01. The Morgan fingerprint density at radius 1 is 1.00 bits per heavy atom. The molecule has 2 heterocycles. The summed E-state index contributed by atoms with van der Waals surface area (Å²) in [7, 11) is -1.67. The lowest BCUT2D eigenvalue weighted by molar-refractivity contribution is -2.00. The Morgan fingerprint density at radius 2 is 1.71 bits per heavy atom. The number of benzene rings is 2. The standard InChI is InChI=1S/C24H27NO4.ClHO4/c1-15-10-16(2)24-19(25-14-18-6-5-9-28-18)13-21(29-23(24)11-15)17-7-8-20(26-3)22(12-17)27-4;2-1(3,4)5/h7-8,10-13,18H,5-6,9,14H2,1-4H3;(H,2,3,4,5). The molecule has 10 heteroatoms. The molecule has 0 spiro atoms. The number of nitrogens with one attached hydrogen (secondary N) is 1. The lowest BCUT2D eigenvalue weighted by atomic mass is 10.0. The highest BCUT2D eigenvalue weighted by Gasteiger charge is 2.19. The summed E-state index contributed by atoms with van der Waals surface area (Å²) in [6, 6.07) is 12.2. The molecular weight excluding hydrogens is 466 g/mol. The first-order chi connectivity index (χ1) is 16.1. The largest absolute Gasteiger partial charge is 0.493 e. The Hall–Kier alpha value is -2.66. The molecule has 9 nitrogen and oxygen atoms in total. The molecule has 34 heavy (non-hydrogen) atoms. The zero-order valence-corrected chi connectivity index (χ0v) is 20.3. The second-order valence-corrected chi connectivity index (χ2v) is 8.70. The summed E-state index contributed by atoms with van der Waals surface area (Å²) in [6.45, 7) is 5.85. The van der Waals surface area contributed by atoms with Crippen LogP contribution in [0.2, 0.25) is 0 Å². The number of ether oxygens (including phenoxy) is 3. The molecule has 4 rings (SSSR count). The molecule has 1 unspecified atom stereocenters. The molecule has 0 radical (unpaired) electrons. The molecule has 1 fully saturated rings. The number of fused-ring (bicyclic) bond motifs is 1. The van der Waals surface area contributed by atoms with Crippen LogP contribution in [-0.2, 0) is 4.74 Å². The van der Waals surface area contributed by atoms with Crippen molar-refractivity contribution >= 4 is 11.0 Å². The average Bonchev–Trinajstić information content (AvgIpc) is 3.29. The van der Waals surface area contributed by atoms with E-state index in [0.29, 0.717) is 11.5 Å². The van der Waals surface area contributed by atoms with Crippen molar-refractivity contribution in [2.45, 2.75) is 32.8 Å². The molecule has 0 saturated carbocycles. The van der Waals surface area contributed by atoms with E-state index in [4.69, 9.17) is 37.3 Å². The smallest absolute Gasteiger partial charge is 0.213 e. The van der Waals surface area contributed by atoms with Crippen LogP contribution < -0.4 is 38.5 Å². The minimum atomic E-state index is -4.94.